The zero-order valence-electron chi connectivity index (χ0n) is 11.3. The molecule has 1 fully saturated rings. The Hall–Kier alpha value is -1.66. The van der Waals surface area contributed by atoms with Gasteiger partial charge in [0.15, 0.2) is 0 Å². The Bertz CT molecular complexity index is 554. The lowest BCUT2D eigenvalue weighted by molar-refractivity contribution is 0.298. The summed E-state index contributed by atoms with van der Waals surface area (Å²) in [7, 11) is 0. The third-order valence-corrected chi connectivity index (χ3v) is 4.38. The summed E-state index contributed by atoms with van der Waals surface area (Å²) in [5, 5.41) is 12.7. The van der Waals surface area contributed by atoms with Crippen LogP contribution in [0.3, 0.4) is 0 Å². The van der Waals surface area contributed by atoms with E-state index in [4.69, 9.17) is 5.26 Å². The molecule has 1 saturated heterocycles. The molecule has 1 N–H and O–H groups in total. The molecule has 1 aromatic heterocycles. The van der Waals surface area contributed by atoms with Gasteiger partial charge >= 0.3 is 0 Å². The van der Waals surface area contributed by atoms with Crippen LogP contribution in [0.4, 0.5) is 0 Å². The van der Waals surface area contributed by atoms with Gasteiger partial charge in [0.05, 0.1) is 11.3 Å². The van der Waals surface area contributed by atoms with E-state index in [1.165, 1.54) is 24.8 Å². The van der Waals surface area contributed by atoms with Crippen LogP contribution in [0.2, 0.25) is 0 Å². The van der Waals surface area contributed by atoms with Crippen molar-refractivity contribution in [1.29, 1.82) is 5.26 Å². The summed E-state index contributed by atoms with van der Waals surface area (Å²) >= 11 is 0. The highest BCUT2D eigenvalue weighted by atomic mass is 14.9. The number of piperidine rings is 1. The number of aryl methyl sites for hydroxylation is 1. The lowest BCUT2D eigenvalue weighted by Crippen LogP contribution is -2.41. The second-order valence-corrected chi connectivity index (χ2v) is 5.58. The molecular formula is C16H19N3. The van der Waals surface area contributed by atoms with E-state index in [9.17, 15) is 0 Å². The predicted molar refractivity (Wildman–Crippen MR) is 75.4 cm³/mol. The molecule has 3 nitrogen and oxygen atoms in total. The third kappa shape index (κ3) is 2.41. The van der Waals surface area contributed by atoms with Crippen LogP contribution in [0.5, 0.6) is 0 Å². The maximum Gasteiger partial charge on any atom is 0.101 e. The molecule has 2 atom stereocenters. The van der Waals surface area contributed by atoms with Gasteiger partial charge in [-0.1, -0.05) is 6.08 Å². The highest BCUT2D eigenvalue weighted by Gasteiger charge is 2.27. The number of allylic oxidation sites excluding steroid dienone is 1. The van der Waals surface area contributed by atoms with E-state index in [2.05, 4.69) is 22.4 Å². The second kappa shape index (κ2) is 5.14. The van der Waals surface area contributed by atoms with Gasteiger partial charge in [-0.25, -0.2) is 0 Å². The minimum absolute atomic E-state index is 0.518. The lowest BCUT2D eigenvalue weighted by atomic mass is 9.79. The molecule has 2 heterocycles. The maximum absolute atomic E-state index is 9.11. The summed E-state index contributed by atoms with van der Waals surface area (Å²) < 4.78 is 0. The van der Waals surface area contributed by atoms with Gasteiger partial charge in [0.1, 0.15) is 6.07 Å². The Morgan fingerprint density at radius 3 is 3.16 bits per heavy atom. The van der Waals surface area contributed by atoms with Crippen molar-refractivity contribution < 1.29 is 0 Å². The summed E-state index contributed by atoms with van der Waals surface area (Å²) in [6.45, 7) is 3.01. The van der Waals surface area contributed by atoms with Crippen molar-refractivity contribution >= 4 is 5.57 Å². The van der Waals surface area contributed by atoms with Crippen LogP contribution in [0, 0.1) is 24.2 Å². The van der Waals surface area contributed by atoms with E-state index in [1.54, 1.807) is 0 Å². The molecule has 1 aliphatic heterocycles. The van der Waals surface area contributed by atoms with Crippen LogP contribution in [0.25, 0.3) is 5.57 Å². The highest BCUT2D eigenvalue weighted by Crippen LogP contribution is 2.34. The largest absolute Gasteiger partial charge is 0.310 e. The first-order valence-electron chi connectivity index (χ1n) is 7.09. The van der Waals surface area contributed by atoms with E-state index in [0.717, 1.165) is 30.1 Å². The quantitative estimate of drug-likeness (QED) is 0.837. The summed E-state index contributed by atoms with van der Waals surface area (Å²) in [4.78, 5) is 4.35. The van der Waals surface area contributed by atoms with E-state index in [-0.39, 0.29) is 0 Å². The molecule has 1 aliphatic carbocycles. The van der Waals surface area contributed by atoms with Gasteiger partial charge in [-0.3, -0.25) is 4.98 Å². The predicted octanol–water partition coefficient (Wildman–Crippen LogP) is 2.81. The van der Waals surface area contributed by atoms with Crippen LogP contribution < -0.4 is 5.32 Å². The zero-order valence-corrected chi connectivity index (χ0v) is 11.3. The minimum atomic E-state index is 0.518. The summed E-state index contributed by atoms with van der Waals surface area (Å²) in [6.07, 6.45) is 9.27. The van der Waals surface area contributed by atoms with Crippen molar-refractivity contribution in [3.63, 3.8) is 0 Å². The molecule has 0 saturated carbocycles. The van der Waals surface area contributed by atoms with Gasteiger partial charge < -0.3 is 5.32 Å². The highest BCUT2D eigenvalue weighted by molar-refractivity contribution is 5.68. The first kappa shape index (κ1) is 12.4. The summed E-state index contributed by atoms with van der Waals surface area (Å²) in [5.74, 6) is 0.798. The number of nitrogens with one attached hydrogen (secondary N) is 1. The maximum atomic E-state index is 9.11. The van der Waals surface area contributed by atoms with Gasteiger partial charge in [0.25, 0.3) is 0 Å². The van der Waals surface area contributed by atoms with Crippen LogP contribution in [0.1, 0.15) is 42.5 Å². The Labute approximate surface area is 114 Å². The number of pyridine rings is 1. The van der Waals surface area contributed by atoms with Gasteiger partial charge in [0.2, 0.25) is 0 Å². The van der Waals surface area contributed by atoms with Gasteiger partial charge in [0, 0.05) is 12.2 Å². The van der Waals surface area contributed by atoms with Crippen LogP contribution in [0.15, 0.2) is 18.3 Å². The molecule has 98 valence electrons. The fraction of sp³-hybridized carbons (Fsp3) is 0.500. The molecule has 19 heavy (non-hydrogen) atoms. The number of hydrogen-bond donors (Lipinski definition) is 1. The first-order chi connectivity index (χ1) is 9.28. The third-order valence-electron chi connectivity index (χ3n) is 4.38. The lowest BCUT2D eigenvalue weighted by Gasteiger charge is -2.35. The van der Waals surface area contributed by atoms with E-state index < -0.39 is 0 Å². The van der Waals surface area contributed by atoms with Crippen molar-refractivity contribution in [2.75, 3.05) is 6.54 Å². The smallest absolute Gasteiger partial charge is 0.101 e. The molecule has 0 spiro atoms. The van der Waals surface area contributed by atoms with Crippen molar-refractivity contribution in [2.24, 2.45) is 5.92 Å². The standard InChI is InChI=1S/C16H19N3/c1-11-14(9-17)7-15(10-19-11)13-5-4-12-3-2-6-18-16(12)8-13/h7-8,10,12,16,18H,2-6H2,1H3/t12-,16+/m1/s1. The molecule has 1 aromatic rings. The average molecular weight is 253 g/mol. The molecule has 2 aliphatic rings. The topological polar surface area (TPSA) is 48.7 Å². The molecule has 0 aromatic carbocycles. The number of rotatable bonds is 1. The normalized spacial score (nSPS) is 26.2. The fourth-order valence-electron chi connectivity index (χ4n) is 3.20. The number of hydrogen-bond acceptors (Lipinski definition) is 3. The summed E-state index contributed by atoms with van der Waals surface area (Å²) in [6, 6.07) is 4.73. The van der Waals surface area contributed by atoms with E-state index >= 15 is 0 Å². The Balaban J connectivity index is 1.90. The molecule has 0 bridgehead atoms. The molecule has 0 amide bonds. The monoisotopic (exact) mass is 253 g/mol. The van der Waals surface area contributed by atoms with Gasteiger partial charge in [-0.2, -0.15) is 5.26 Å². The molecule has 0 unspecified atom stereocenters. The van der Waals surface area contributed by atoms with Gasteiger partial charge in [-0.05, 0) is 62.3 Å². The zero-order chi connectivity index (χ0) is 13.2. The van der Waals surface area contributed by atoms with E-state index in [1.807, 2.05) is 19.2 Å². The number of nitriles is 1. The summed E-state index contributed by atoms with van der Waals surface area (Å²) in [5.41, 5.74) is 3.97. The van der Waals surface area contributed by atoms with Crippen molar-refractivity contribution in [2.45, 2.75) is 38.6 Å². The Morgan fingerprint density at radius 2 is 2.32 bits per heavy atom. The fourth-order valence-corrected chi connectivity index (χ4v) is 3.20. The minimum Gasteiger partial charge on any atom is -0.310 e. The molecular weight excluding hydrogens is 234 g/mol. The second-order valence-electron chi connectivity index (χ2n) is 5.58. The molecule has 3 heteroatoms. The Morgan fingerprint density at radius 1 is 1.42 bits per heavy atom. The number of aromatic nitrogens is 1. The average Bonchev–Trinajstić information content (AvgIpc) is 2.47. The van der Waals surface area contributed by atoms with Crippen LogP contribution in [-0.2, 0) is 0 Å². The van der Waals surface area contributed by atoms with E-state index in [0.29, 0.717) is 11.6 Å². The Kier molecular flexibility index (Phi) is 3.35. The number of nitrogens with zero attached hydrogens (tertiary/aromatic N) is 2. The van der Waals surface area contributed by atoms with Crippen LogP contribution >= 0.6 is 0 Å². The molecule has 0 radical (unpaired) electrons. The SMILES string of the molecule is Cc1ncc(C2=C[C@@H]3NCCC[C@@H]3CC2)cc1C#N. The van der Waals surface area contributed by atoms with Crippen molar-refractivity contribution in [3.05, 3.63) is 35.2 Å². The first-order valence-corrected chi connectivity index (χ1v) is 7.09. The number of fused-ring (bicyclic) bond motifs is 1. The molecule has 3 rings (SSSR count). The van der Waals surface area contributed by atoms with Crippen molar-refractivity contribution in [1.82, 2.24) is 10.3 Å². The van der Waals surface area contributed by atoms with Gasteiger partial charge in [-0.15, -0.1) is 0 Å². The van der Waals surface area contributed by atoms with Crippen molar-refractivity contribution in [3.8, 4) is 6.07 Å². The van der Waals surface area contributed by atoms with Crippen LogP contribution in [-0.4, -0.2) is 17.6 Å².